The molecule has 0 aliphatic carbocycles. The van der Waals surface area contributed by atoms with Crippen molar-refractivity contribution in [1.29, 1.82) is 0 Å². The zero-order valence-electron chi connectivity index (χ0n) is 17.8. The summed E-state index contributed by atoms with van der Waals surface area (Å²) < 4.78 is 8.86. The van der Waals surface area contributed by atoms with E-state index >= 15 is 0 Å². The first-order valence-electron chi connectivity index (χ1n) is 9.93. The first-order chi connectivity index (χ1) is 14.3. The van der Waals surface area contributed by atoms with Crippen LogP contribution in [0.2, 0.25) is 0 Å². The second-order valence-corrected chi connectivity index (χ2v) is 7.94. The molecule has 0 bridgehead atoms. The van der Waals surface area contributed by atoms with Crippen LogP contribution in [0.1, 0.15) is 26.8 Å². The molecule has 9 nitrogen and oxygen atoms in total. The Morgan fingerprint density at radius 2 is 2.03 bits per heavy atom. The molecule has 3 aromatic heterocycles. The molecular formula is C21H26N6O3. The molecule has 4 rings (SSSR count). The van der Waals surface area contributed by atoms with Crippen LogP contribution in [-0.2, 0) is 16.6 Å². The summed E-state index contributed by atoms with van der Waals surface area (Å²) in [6.45, 7) is 6.69. The van der Waals surface area contributed by atoms with E-state index in [1.54, 1.807) is 13.3 Å². The molecule has 0 aromatic carbocycles. The molecular weight excluding hydrogens is 384 g/mol. The number of nitrogens with one attached hydrogen (secondary N) is 1. The van der Waals surface area contributed by atoms with Gasteiger partial charge in [-0.2, -0.15) is 5.10 Å². The molecule has 0 unspecified atom stereocenters. The number of anilines is 2. The number of aromatic nitrogens is 4. The van der Waals surface area contributed by atoms with Crippen LogP contribution < -0.4 is 15.8 Å². The number of aryl methyl sites for hydroxylation is 1. The van der Waals surface area contributed by atoms with Gasteiger partial charge in [0.05, 0.1) is 29.6 Å². The van der Waals surface area contributed by atoms with Crippen molar-refractivity contribution in [2.75, 3.05) is 30.4 Å². The van der Waals surface area contributed by atoms with Crippen molar-refractivity contribution < 1.29 is 9.53 Å². The Hall–Kier alpha value is -3.20. The zero-order valence-corrected chi connectivity index (χ0v) is 17.8. The highest BCUT2D eigenvalue weighted by Gasteiger charge is 2.30. The molecule has 0 spiro atoms. The maximum absolute atomic E-state index is 13.0. The maximum atomic E-state index is 13.0. The highest BCUT2D eigenvalue weighted by Crippen LogP contribution is 2.32. The van der Waals surface area contributed by atoms with E-state index in [2.05, 4.69) is 15.4 Å². The lowest BCUT2D eigenvalue weighted by Crippen LogP contribution is -2.54. The van der Waals surface area contributed by atoms with Gasteiger partial charge in [-0.1, -0.05) is 0 Å². The topological polar surface area (TPSA) is 94.3 Å². The highest BCUT2D eigenvalue weighted by atomic mass is 16.5. The minimum atomic E-state index is -0.182. The number of nitrogens with zero attached hydrogens (tertiary/aromatic N) is 5. The van der Waals surface area contributed by atoms with Crippen LogP contribution in [0.3, 0.4) is 0 Å². The van der Waals surface area contributed by atoms with Crippen LogP contribution in [0.25, 0.3) is 22.2 Å². The molecule has 1 saturated heterocycles. The van der Waals surface area contributed by atoms with Crippen molar-refractivity contribution in [2.45, 2.75) is 32.9 Å². The fourth-order valence-electron chi connectivity index (χ4n) is 3.72. The van der Waals surface area contributed by atoms with E-state index in [1.807, 2.05) is 48.7 Å². The van der Waals surface area contributed by atoms with Crippen molar-refractivity contribution in [3.05, 3.63) is 34.9 Å². The van der Waals surface area contributed by atoms with Crippen molar-refractivity contribution in [3.63, 3.8) is 0 Å². The monoisotopic (exact) mass is 410 g/mol. The number of hydrogen-bond donors (Lipinski definition) is 1. The standard InChI is InChI=1S/C21H26N6O3/c1-12(2)27-21(29)18(26-9-14(10-26)30-5)7-17(24-27)16-11-25(4)19-8-22-20(6-15(16)19)23-13(3)28/h6-8,11-12,14H,9-10H2,1-5H3,(H,22,23,28). The predicted molar refractivity (Wildman–Crippen MR) is 116 cm³/mol. The number of fused-ring (bicyclic) bond motifs is 1. The van der Waals surface area contributed by atoms with Crippen molar-refractivity contribution >= 4 is 28.3 Å². The quantitative estimate of drug-likeness (QED) is 0.693. The molecule has 9 heteroatoms. The minimum absolute atomic E-state index is 0.0812. The van der Waals surface area contributed by atoms with Gasteiger partial charge in [-0.25, -0.2) is 9.67 Å². The van der Waals surface area contributed by atoms with Crippen LogP contribution in [-0.4, -0.2) is 51.5 Å². The number of hydrogen-bond acceptors (Lipinski definition) is 6. The van der Waals surface area contributed by atoms with E-state index in [1.165, 1.54) is 11.6 Å². The summed E-state index contributed by atoms with van der Waals surface area (Å²) >= 11 is 0. The van der Waals surface area contributed by atoms with Gasteiger partial charge < -0.3 is 19.5 Å². The van der Waals surface area contributed by atoms with Gasteiger partial charge in [-0.3, -0.25) is 9.59 Å². The Morgan fingerprint density at radius 3 is 2.67 bits per heavy atom. The number of carbonyl (C=O) groups is 1. The van der Waals surface area contributed by atoms with Gasteiger partial charge in [0.1, 0.15) is 11.5 Å². The SMILES string of the molecule is COC1CN(c2cc(-c3cn(C)c4cnc(NC(C)=O)cc34)nn(C(C)C)c2=O)C1. The molecule has 4 heterocycles. The Labute approximate surface area is 174 Å². The van der Waals surface area contributed by atoms with Gasteiger partial charge in [0.2, 0.25) is 5.91 Å². The molecule has 1 aliphatic heterocycles. The molecule has 158 valence electrons. The number of pyridine rings is 1. The Bertz CT molecular complexity index is 1170. The lowest BCUT2D eigenvalue weighted by molar-refractivity contribution is -0.114. The van der Waals surface area contributed by atoms with E-state index in [9.17, 15) is 9.59 Å². The fraction of sp³-hybridized carbons (Fsp3) is 0.429. The fourth-order valence-corrected chi connectivity index (χ4v) is 3.72. The van der Waals surface area contributed by atoms with Gasteiger partial charge in [-0.15, -0.1) is 0 Å². The van der Waals surface area contributed by atoms with E-state index in [0.29, 0.717) is 30.3 Å². The van der Waals surface area contributed by atoms with Gasteiger partial charge in [-0.05, 0) is 26.0 Å². The second kappa shape index (κ2) is 7.56. The lowest BCUT2D eigenvalue weighted by atomic mass is 10.1. The number of rotatable bonds is 5. The Balaban J connectivity index is 1.87. The smallest absolute Gasteiger partial charge is 0.290 e. The maximum Gasteiger partial charge on any atom is 0.290 e. The van der Waals surface area contributed by atoms with Crippen LogP contribution in [0.5, 0.6) is 0 Å². The predicted octanol–water partition coefficient (Wildman–Crippen LogP) is 2.17. The third kappa shape index (κ3) is 3.45. The molecule has 0 saturated carbocycles. The summed E-state index contributed by atoms with van der Waals surface area (Å²) in [5.74, 6) is 0.295. The molecule has 3 aromatic rings. The van der Waals surface area contributed by atoms with Crippen LogP contribution in [0.15, 0.2) is 29.3 Å². The zero-order chi connectivity index (χ0) is 21.6. The van der Waals surface area contributed by atoms with Crippen LogP contribution in [0.4, 0.5) is 11.5 Å². The summed E-state index contributed by atoms with van der Waals surface area (Å²) in [6, 6.07) is 3.60. The average Bonchev–Trinajstić information content (AvgIpc) is 2.97. The molecule has 1 aliphatic rings. The highest BCUT2D eigenvalue weighted by molar-refractivity contribution is 5.98. The molecule has 1 amide bonds. The molecule has 1 N–H and O–H groups in total. The van der Waals surface area contributed by atoms with Crippen molar-refractivity contribution in [1.82, 2.24) is 19.3 Å². The normalized spacial score (nSPS) is 14.4. The lowest BCUT2D eigenvalue weighted by Gasteiger charge is -2.39. The third-order valence-corrected chi connectivity index (χ3v) is 5.38. The van der Waals surface area contributed by atoms with Gasteiger partial charge >= 0.3 is 0 Å². The number of ether oxygens (including phenoxy) is 1. The molecule has 30 heavy (non-hydrogen) atoms. The van der Waals surface area contributed by atoms with E-state index in [4.69, 9.17) is 4.74 Å². The number of amides is 1. The molecule has 0 atom stereocenters. The van der Waals surface area contributed by atoms with E-state index in [0.717, 1.165) is 16.5 Å². The van der Waals surface area contributed by atoms with Gasteiger partial charge in [0.15, 0.2) is 0 Å². The molecule has 1 fully saturated rings. The van der Waals surface area contributed by atoms with Crippen molar-refractivity contribution in [2.24, 2.45) is 7.05 Å². The summed E-state index contributed by atoms with van der Waals surface area (Å²) in [5.41, 5.74) is 3.00. The Morgan fingerprint density at radius 1 is 1.30 bits per heavy atom. The first-order valence-corrected chi connectivity index (χ1v) is 9.93. The number of carbonyl (C=O) groups excluding carboxylic acids is 1. The summed E-state index contributed by atoms with van der Waals surface area (Å²) in [4.78, 5) is 30.8. The third-order valence-electron chi connectivity index (χ3n) is 5.38. The van der Waals surface area contributed by atoms with Gasteiger partial charge in [0.25, 0.3) is 5.56 Å². The number of methoxy groups -OCH3 is 1. The molecule has 0 radical (unpaired) electrons. The first kappa shape index (κ1) is 20.1. The largest absolute Gasteiger partial charge is 0.378 e. The minimum Gasteiger partial charge on any atom is -0.378 e. The van der Waals surface area contributed by atoms with E-state index in [-0.39, 0.29) is 23.6 Å². The summed E-state index contributed by atoms with van der Waals surface area (Å²) in [6.07, 6.45) is 3.83. The van der Waals surface area contributed by atoms with Crippen molar-refractivity contribution in [3.8, 4) is 11.3 Å². The van der Waals surface area contributed by atoms with E-state index < -0.39 is 0 Å². The van der Waals surface area contributed by atoms with Gasteiger partial charge in [0, 0.05) is 51.3 Å². The summed E-state index contributed by atoms with van der Waals surface area (Å²) in [7, 11) is 3.62. The second-order valence-electron chi connectivity index (χ2n) is 7.94. The average molecular weight is 410 g/mol. The Kier molecular flexibility index (Phi) is 5.07. The van der Waals surface area contributed by atoms with Crippen LogP contribution >= 0.6 is 0 Å². The summed E-state index contributed by atoms with van der Waals surface area (Å²) in [5, 5.41) is 8.29. The van der Waals surface area contributed by atoms with Crippen LogP contribution in [0, 0.1) is 0 Å².